The molecule has 0 spiro atoms. The Morgan fingerprint density at radius 2 is 1.88 bits per heavy atom. The van der Waals surface area contributed by atoms with Crippen molar-refractivity contribution in [1.82, 2.24) is 5.32 Å². The Morgan fingerprint density at radius 3 is 2.41 bits per heavy atom. The molecule has 1 atom stereocenters. The van der Waals surface area contributed by atoms with Gasteiger partial charge >= 0.3 is 0 Å². The number of hydrogen-bond donors (Lipinski definition) is 1. The highest BCUT2D eigenvalue weighted by Gasteiger charge is 2.07. The van der Waals surface area contributed by atoms with Gasteiger partial charge in [-0.05, 0) is 43.9 Å². The number of rotatable bonds is 6. The van der Waals surface area contributed by atoms with Crippen molar-refractivity contribution in [3.05, 3.63) is 35.4 Å². The lowest BCUT2D eigenvalue weighted by Gasteiger charge is -2.11. The van der Waals surface area contributed by atoms with Gasteiger partial charge in [0.15, 0.2) is 0 Å². The van der Waals surface area contributed by atoms with Crippen LogP contribution in [0.1, 0.15) is 56.0 Å². The molecule has 2 nitrogen and oxygen atoms in total. The molecule has 17 heavy (non-hydrogen) atoms. The van der Waals surface area contributed by atoms with Crippen LogP contribution in [-0.2, 0) is 6.42 Å². The largest absolute Gasteiger partial charge is 0.350 e. The molecular formula is C15H23NO. The predicted molar refractivity (Wildman–Crippen MR) is 72.3 cm³/mol. The van der Waals surface area contributed by atoms with E-state index in [9.17, 15) is 4.79 Å². The molecule has 94 valence electrons. The summed E-state index contributed by atoms with van der Waals surface area (Å²) >= 11 is 0. The monoisotopic (exact) mass is 233 g/mol. The molecule has 1 N–H and O–H groups in total. The van der Waals surface area contributed by atoms with E-state index in [1.54, 1.807) is 0 Å². The Kier molecular flexibility index (Phi) is 5.75. The average Bonchev–Trinajstić information content (AvgIpc) is 2.36. The van der Waals surface area contributed by atoms with Crippen LogP contribution in [0.15, 0.2) is 24.3 Å². The van der Waals surface area contributed by atoms with Gasteiger partial charge in [0.1, 0.15) is 0 Å². The van der Waals surface area contributed by atoms with Crippen molar-refractivity contribution in [3.8, 4) is 0 Å². The van der Waals surface area contributed by atoms with Gasteiger partial charge < -0.3 is 5.32 Å². The van der Waals surface area contributed by atoms with Crippen LogP contribution in [0, 0.1) is 0 Å². The standard InChI is InChI=1S/C15H23NO/c1-4-6-7-13-8-10-14(11-9-13)15(17)16-12(3)5-2/h8-12H,4-7H2,1-3H3,(H,16,17). The first kappa shape index (κ1) is 13.8. The number of benzene rings is 1. The topological polar surface area (TPSA) is 29.1 Å². The van der Waals surface area contributed by atoms with E-state index in [1.807, 2.05) is 19.1 Å². The van der Waals surface area contributed by atoms with Gasteiger partial charge in [-0.1, -0.05) is 32.4 Å². The number of carbonyl (C=O) groups is 1. The molecule has 1 aromatic carbocycles. The molecule has 0 radical (unpaired) electrons. The fourth-order valence-corrected chi connectivity index (χ4v) is 1.61. The molecule has 0 saturated carbocycles. The van der Waals surface area contributed by atoms with Crippen LogP contribution in [0.5, 0.6) is 0 Å². The zero-order chi connectivity index (χ0) is 12.7. The van der Waals surface area contributed by atoms with Crippen LogP contribution in [0.3, 0.4) is 0 Å². The highest BCUT2D eigenvalue weighted by atomic mass is 16.1. The van der Waals surface area contributed by atoms with Gasteiger partial charge in [0.2, 0.25) is 0 Å². The highest BCUT2D eigenvalue weighted by molar-refractivity contribution is 5.94. The normalized spacial score (nSPS) is 12.2. The molecule has 0 heterocycles. The molecule has 0 aromatic heterocycles. The Morgan fingerprint density at radius 1 is 1.24 bits per heavy atom. The summed E-state index contributed by atoms with van der Waals surface area (Å²) in [6.45, 7) is 6.28. The Labute approximate surface area is 104 Å². The average molecular weight is 233 g/mol. The van der Waals surface area contributed by atoms with Crippen molar-refractivity contribution < 1.29 is 4.79 Å². The molecule has 0 fully saturated rings. The summed E-state index contributed by atoms with van der Waals surface area (Å²) < 4.78 is 0. The molecule has 1 unspecified atom stereocenters. The number of carbonyl (C=O) groups excluding carboxylic acids is 1. The zero-order valence-corrected chi connectivity index (χ0v) is 11.1. The number of amides is 1. The molecule has 0 aliphatic carbocycles. The van der Waals surface area contributed by atoms with E-state index < -0.39 is 0 Å². The lowest BCUT2D eigenvalue weighted by Crippen LogP contribution is -2.31. The summed E-state index contributed by atoms with van der Waals surface area (Å²) in [7, 11) is 0. The summed E-state index contributed by atoms with van der Waals surface area (Å²) in [5, 5.41) is 2.97. The minimum Gasteiger partial charge on any atom is -0.350 e. The number of unbranched alkanes of at least 4 members (excludes halogenated alkanes) is 1. The summed E-state index contributed by atoms with van der Waals surface area (Å²) in [5.41, 5.74) is 2.07. The van der Waals surface area contributed by atoms with Crippen LogP contribution >= 0.6 is 0 Å². The molecule has 0 saturated heterocycles. The molecule has 1 aromatic rings. The first-order valence-corrected chi connectivity index (χ1v) is 6.57. The highest BCUT2D eigenvalue weighted by Crippen LogP contribution is 2.08. The Balaban J connectivity index is 2.57. The third kappa shape index (κ3) is 4.59. The van der Waals surface area contributed by atoms with E-state index in [4.69, 9.17) is 0 Å². The summed E-state index contributed by atoms with van der Waals surface area (Å²) in [5.74, 6) is 0.0291. The van der Waals surface area contributed by atoms with Crippen LogP contribution in [0.25, 0.3) is 0 Å². The number of nitrogens with one attached hydrogen (secondary N) is 1. The van der Waals surface area contributed by atoms with Crippen LogP contribution in [0.4, 0.5) is 0 Å². The molecule has 0 aliphatic rings. The van der Waals surface area contributed by atoms with Crippen molar-refractivity contribution in [3.63, 3.8) is 0 Å². The molecule has 0 bridgehead atoms. The van der Waals surface area contributed by atoms with Gasteiger partial charge in [-0.3, -0.25) is 4.79 Å². The van der Waals surface area contributed by atoms with Gasteiger partial charge in [0, 0.05) is 11.6 Å². The Bertz CT molecular complexity index is 342. The lowest BCUT2D eigenvalue weighted by atomic mass is 10.1. The van der Waals surface area contributed by atoms with Crippen LogP contribution in [-0.4, -0.2) is 11.9 Å². The first-order valence-electron chi connectivity index (χ1n) is 6.57. The minimum atomic E-state index is 0.0291. The second-order valence-electron chi connectivity index (χ2n) is 4.58. The van der Waals surface area contributed by atoms with Gasteiger partial charge in [-0.2, -0.15) is 0 Å². The van der Waals surface area contributed by atoms with Gasteiger partial charge in [-0.15, -0.1) is 0 Å². The lowest BCUT2D eigenvalue weighted by molar-refractivity contribution is 0.0939. The molecule has 1 rings (SSSR count). The van der Waals surface area contributed by atoms with Gasteiger partial charge in [-0.25, -0.2) is 0 Å². The van der Waals surface area contributed by atoms with Crippen molar-refractivity contribution in [2.45, 2.75) is 52.5 Å². The molecular weight excluding hydrogens is 210 g/mol. The SMILES string of the molecule is CCCCc1ccc(C(=O)NC(C)CC)cc1. The van der Waals surface area contributed by atoms with Crippen molar-refractivity contribution >= 4 is 5.91 Å². The number of hydrogen-bond acceptors (Lipinski definition) is 1. The third-order valence-electron chi connectivity index (χ3n) is 3.02. The van der Waals surface area contributed by atoms with E-state index in [0.717, 1.165) is 18.4 Å². The predicted octanol–water partition coefficient (Wildman–Crippen LogP) is 3.56. The first-order chi connectivity index (χ1) is 8.17. The maximum absolute atomic E-state index is 11.8. The van der Waals surface area contributed by atoms with E-state index in [1.165, 1.54) is 18.4 Å². The second-order valence-corrected chi connectivity index (χ2v) is 4.58. The van der Waals surface area contributed by atoms with Gasteiger partial charge in [0.25, 0.3) is 5.91 Å². The van der Waals surface area contributed by atoms with E-state index >= 15 is 0 Å². The van der Waals surface area contributed by atoms with Crippen LogP contribution in [0.2, 0.25) is 0 Å². The summed E-state index contributed by atoms with van der Waals surface area (Å²) in [6, 6.07) is 8.19. The Hall–Kier alpha value is -1.31. The van der Waals surface area contributed by atoms with Crippen molar-refractivity contribution in [1.29, 1.82) is 0 Å². The van der Waals surface area contributed by atoms with Crippen molar-refractivity contribution in [2.75, 3.05) is 0 Å². The minimum absolute atomic E-state index is 0.0291. The molecule has 2 heteroatoms. The van der Waals surface area contributed by atoms with Crippen LogP contribution < -0.4 is 5.32 Å². The van der Waals surface area contributed by atoms with E-state index in [0.29, 0.717) is 0 Å². The van der Waals surface area contributed by atoms with Gasteiger partial charge in [0.05, 0.1) is 0 Å². The maximum Gasteiger partial charge on any atom is 0.251 e. The zero-order valence-electron chi connectivity index (χ0n) is 11.1. The maximum atomic E-state index is 11.8. The van der Waals surface area contributed by atoms with Crippen molar-refractivity contribution in [2.24, 2.45) is 0 Å². The molecule has 0 aliphatic heterocycles. The van der Waals surface area contributed by atoms with E-state index in [2.05, 4.69) is 31.3 Å². The second kappa shape index (κ2) is 7.10. The summed E-state index contributed by atoms with van der Waals surface area (Å²) in [6.07, 6.45) is 4.47. The number of aryl methyl sites for hydroxylation is 1. The molecule has 1 amide bonds. The fraction of sp³-hybridized carbons (Fsp3) is 0.533. The quantitative estimate of drug-likeness (QED) is 0.799. The smallest absolute Gasteiger partial charge is 0.251 e. The summed E-state index contributed by atoms with van der Waals surface area (Å²) in [4.78, 5) is 11.8. The third-order valence-corrected chi connectivity index (χ3v) is 3.02. The van der Waals surface area contributed by atoms with E-state index in [-0.39, 0.29) is 11.9 Å². The fourth-order valence-electron chi connectivity index (χ4n) is 1.61.